The molecule has 102 valence electrons. The topological polar surface area (TPSA) is 29.9 Å². The highest BCUT2D eigenvalue weighted by Crippen LogP contribution is 2.23. The monoisotopic (exact) mass is 275 g/mol. The number of nitrogens with one attached hydrogen (secondary N) is 1. The van der Waals surface area contributed by atoms with E-state index in [1.165, 1.54) is 0 Å². The molecule has 3 nitrogen and oxygen atoms in total. The first-order valence-electron chi connectivity index (χ1n) is 6.42. The number of para-hydroxylation sites is 1. The smallest absolute Gasteiger partial charge is 0.207 e. The molecule has 0 spiro atoms. The summed E-state index contributed by atoms with van der Waals surface area (Å²) in [5.41, 5.74) is 2.15. The number of imidazole rings is 1. The van der Waals surface area contributed by atoms with Crippen molar-refractivity contribution in [2.75, 3.05) is 18.1 Å². The Morgan fingerprint density at radius 3 is 2.58 bits per heavy atom. The molecule has 2 aromatic rings. The van der Waals surface area contributed by atoms with Crippen molar-refractivity contribution in [3.63, 3.8) is 0 Å². The van der Waals surface area contributed by atoms with Gasteiger partial charge in [-0.2, -0.15) is 11.8 Å². The number of rotatable bonds is 5. The predicted molar refractivity (Wildman–Crippen MR) is 84.4 cm³/mol. The predicted octanol–water partition coefficient (Wildman–Crippen LogP) is 3.73. The average Bonchev–Trinajstić information content (AvgIpc) is 2.79. The lowest BCUT2D eigenvalue weighted by molar-refractivity contribution is 0.745. The van der Waals surface area contributed by atoms with Gasteiger partial charge >= 0.3 is 0 Å². The molecule has 2 rings (SSSR count). The Morgan fingerprint density at radius 2 is 1.95 bits per heavy atom. The van der Waals surface area contributed by atoms with Crippen LogP contribution in [0.4, 0.5) is 5.95 Å². The molecule has 0 aliphatic carbocycles. The van der Waals surface area contributed by atoms with E-state index in [-0.39, 0.29) is 4.75 Å². The van der Waals surface area contributed by atoms with Crippen LogP contribution in [0.2, 0.25) is 0 Å². The van der Waals surface area contributed by atoms with E-state index < -0.39 is 0 Å². The maximum Gasteiger partial charge on any atom is 0.207 e. The summed E-state index contributed by atoms with van der Waals surface area (Å²) in [6.45, 7) is 7.36. The summed E-state index contributed by atoms with van der Waals surface area (Å²) in [6, 6.07) is 10.3. The number of aromatic nitrogens is 2. The largest absolute Gasteiger partial charge is 0.354 e. The SMILES string of the molecule is CSC(C)(C)CNc1nc(C)cn1-c1ccccc1. The second-order valence-electron chi connectivity index (χ2n) is 5.23. The number of benzene rings is 1. The van der Waals surface area contributed by atoms with E-state index in [1.807, 2.05) is 36.9 Å². The molecule has 0 saturated heterocycles. The van der Waals surface area contributed by atoms with Gasteiger partial charge < -0.3 is 5.32 Å². The highest BCUT2D eigenvalue weighted by Gasteiger charge is 2.17. The Bertz CT molecular complexity index is 532. The van der Waals surface area contributed by atoms with Crippen molar-refractivity contribution >= 4 is 17.7 Å². The Balaban J connectivity index is 2.22. The van der Waals surface area contributed by atoms with Crippen LogP contribution in [0.1, 0.15) is 19.5 Å². The molecule has 19 heavy (non-hydrogen) atoms. The van der Waals surface area contributed by atoms with Crippen molar-refractivity contribution in [2.24, 2.45) is 0 Å². The average molecular weight is 275 g/mol. The van der Waals surface area contributed by atoms with Crippen molar-refractivity contribution in [2.45, 2.75) is 25.5 Å². The molecule has 0 atom stereocenters. The van der Waals surface area contributed by atoms with Gasteiger partial charge in [-0.05, 0) is 39.2 Å². The van der Waals surface area contributed by atoms with Crippen LogP contribution >= 0.6 is 11.8 Å². The van der Waals surface area contributed by atoms with Crippen molar-refractivity contribution < 1.29 is 0 Å². The van der Waals surface area contributed by atoms with Crippen LogP contribution in [-0.2, 0) is 0 Å². The third kappa shape index (κ3) is 3.53. The van der Waals surface area contributed by atoms with Gasteiger partial charge in [0.25, 0.3) is 0 Å². The third-order valence-corrected chi connectivity index (χ3v) is 4.34. The van der Waals surface area contributed by atoms with Crippen LogP contribution in [0.3, 0.4) is 0 Å². The molecule has 0 radical (unpaired) electrons. The lowest BCUT2D eigenvalue weighted by Crippen LogP contribution is -2.27. The molecular formula is C15H21N3S. The molecule has 0 fully saturated rings. The van der Waals surface area contributed by atoms with Crippen molar-refractivity contribution in [3.05, 3.63) is 42.2 Å². The molecule has 1 N–H and O–H groups in total. The molecule has 0 aliphatic rings. The number of hydrogen-bond acceptors (Lipinski definition) is 3. The van der Waals surface area contributed by atoms with Crippen LogP contribution in [0, 0.1) is 6.92 Å². The number of thioether (sulfide) groups is 1. The molecule has 0 unspecified atom stereocenters. The van der Waals surface area contributed by atoms with E-state index in [1.54, 1.807) is 0 Å². The maximum absolute atomic E-state index is 4.57. The van der Waals surface area contributed by atoms with Gasteiger partial charge in [0.05, 0.1) is 5.69 Å². The van der Waals surface area contributed by atoms with Crippen LogP contribution in [-0.4, -0.2) is 27.1 Å². The molecule has 1 aromatic heterocycles. The second kappa shape index (κ2) is 5.70. The maximum atomic E-state index is 4.57. The van der Waals surface area contributed by atoms with Crippen LogP contribution in [0.15, 0.2) is 36.5 Å². The second-order valence-corrected chi connectivity index (χ2v) is 6.74. The first kappa shape index (κ1) is 14.0. The zero-order valence-corrected chi connectivity index (χ0v) is 12.8. The zero-order chi connectivity index (χ0) is 13.9. The van der Waals surface area contributed by atoms with E-state index in [0.29, 0.717) is 0 Å². The fourth-order valence-electron chi connectivity index (χ4n) is 1.77. The normalized spacial score (nSPS) is 11.6. The van der Waals surface area contributed by atoms with Gasteiger partial charge in [0, 0.05) is 23.2 Å². The standard InChI is InChI=1S/C15H21N3S/c1-12-10-18(13-8-6-5-7-9-13)14(17-12)16-11-15(2,3)19-4/h5-10H,11H2,1-4H3,(H,16,17). The lowest BCUT2D eigenvalue weighted by Gasteiger charge is -2.22. The summed E-state index contributed by atoms with van der Waals surface area (Å²) < 4.78 is 2.30. The van der Waals surface area contributed by atoms with Crippen molar-refractivity contribution in [3.8, 4) is 5.69 Å². The Kier molecular flexibility index (Phi) is 4.20. The molecule has 0 amide bonds. The number of hydrogen-bond donors (Lipinski definition) is 1. The van der Waals surface area contributed by atoms with E-state index in [9.17, 15) is 0 Å². The molecule has 1 aromatic carbocycles. The van der Waals surface area contributed by atoms with Crippen molar-refractivity contribution in [1.82, 2.24) is 9.55 Å². The zero-order valence-electron chi connectivity index (χ0n) is 12.0. The molecule has 0 saturated carbocycles. The quantitative estimate of drug-likeness (QED) is 0.901. The van der Waals surface area contributed by atoms with E-state index in [2.05, 4.69) is 53.3 Å². The van der Waals surface area contributed by atoms with Crippen LogP contribution in [0.25, 0.3) is 5.69 Å². The summed E-state index contributed by atoms with van der Waals surface area (Å²) in [5, 5.41) is 3.45. The summed E-state index contributed by atoms with van der Waals surface area (Å²) in [5.74, 6) is 0.908. The summed E-state index contributed by atoms with van der Waals surface area (Å²) in [4.78, 5) is 4.57. The minimum atomic E-state index is 0.196. The first-order chi connectivity index (χ1) is 9.02. The van der Waals surface area contributed by atoms with Gasteiger partial charge in [0.2, 0.25) is 5.95 Å². The third-order valence-electron chi connectivity index (χ3n) is 3.09. The molecule has 1 heterocycles. The van der Waals surface area contributed by atoms with Crippen LogP contribution in [0.5, 0.6) is 0 Å². The summed E-state index contributed by atoms with van der Waals surface area (Å²) in [7, 11) is 0. The van der Waals surface area contributed by atoms with Gasteiger partial charge in [-0.15, -0.1) is 0 Å². The van der Waals surface area contributed by atoms with E-state index in [0.717, 1.165) is 23.9 Å². The van der Waals surface area contributed by atoms with Gasteiger partial charge in [0.1, 0.15) is 0 Å². The fourth-order valence-corrected chi connectivity index (χ4v) is 1.99. The number of anilines is 1. The number of aryl methyl sites for hydroxylation is 1. The Morgan fingerprint density at radius 1 is 1.26 bits per heavy atom. The molecule has 0 aliphatic heterocycles. The number of nitrogens with zero attached hydrogens (tertiary/aromatic N) is 2. The van der Waals surface area contributed by atoms with Gasteiger partial charge in [-0.3, -0.25) is 4.57 Å². The molecule has 4 heteroatoms. The van der Waals surface area contributed by atoms with E-state index in [4.69, 9.17) is 0 Å². The van der Waals surface area contributed by atoms with Gasteiger partial charge in [-0.25, -0.2) is 4.98 Å². The highest BCUT2D eigenvalue weighted by atomic mass is 32.2. The minimum absolute atomic E-state index is 0.196. The Labute approximate surface area is 119 Å². The molecule has 0 bridgehead atoms. The Hall–Kier alpha value is -1.42. The fraction of sp³-hybridized carbons (Fsp3) is 0.400. The van der Waals surface area contributed by atoms with Crippen LogP contribution < -0.4 is 5.32 Å². The van der Waals surface area contributed by atoms with E-state index >= 15 is 0 Å². The highest BCUT2D eigenvalue weighted by molar-refractivity contribution is 7.99. The molecular weight excluding hydrogens is 254 g/mol. The summed E-state index contributed by atoms with van der Waals surface area (Å²) >= 11 is 1.86. The van der Waals surface area contributed by atoms with Gasteiger partial charge in [0.15, 0.2) is 0 Å². The minimum Gasteiger partial charge on any atom is -0.354 e. The summed E-state index contributed by atoms with van der Waals surface area (Å²) in [6.07, 6.45) is 4.19. The lowest BCUT2D eigenvalue weighted by atomic mass is 10.2. The van der Waals surface area contributed by atoms with Crippen molar-refractivity contribution in [1.29, 1.82) is 0 Å². The first-order valence-corrected chi connectivity index (χ1v) is 7.65. The van der Waals surface area contributed by atoms with Gasteiger partial charge in [-0.1, -0.05) is 18.2 Å².